The molecule has 0 N–H and O–H groups in total. The van der Waals surface area contributed by atoms with E-state index in [9.17, 15) is 4.79 Å². The standard InChI is InChI=1S/C18H22N2O2/c1-2-13-22-18(21)16-14-15(19-9-3-4-10-19)7-8-17(16)20-11-5-6-12-20/h3-4,7-10,14H,2,5-6,11-13H2,1H3. The summed E-state index contributed by atoms with van der Waals surface area (Å²) in [6.45, 7) is 4.49. The van der Waals surface area contributed by atoms with Gasteiger partial charge in [0.25, 0.3) is 0 Å². The Kier molecular flexibility index (Phi) is 4.47. The molecule has 1 aromatic carbocycles. The van der Waals surface area contributed by atoms with Crippen LogP contribution in [0, 0.1) is 0 Å². The smallest absolute Gasteiger partial charge is 0.340 e. The van der Waals surface area contributed by atoms with Crippen molar-refractivity contribution >= 4 is 11.7 Å². The van der Waals surface area contributed by atoms with Crippen LogP contribution in [0.3, 0.4) is 0 Å². The van der Waals surface area contributed by atoms with Crippen molar-refractivity contribution in [3.63, 3.8) is 0 Å². The minimum absolute atomic E-state index is 0.224. The van der Waals surface area contributed by atoms with Crippen molar-refractivity contribution in [3.8, 4) is 5.69 Å². The zero-order valence-electron chi connectivity index (χ0n) is 13.0. The minimum atomic E-state index is -0.224. The SMILES string of the molecule is CCCOC(=O)c1cc(-n2cccc2)ccc1N1CCCC1. The predicted molar refractivity (Wildman–Crippen MR) is 87.8 cm³/mol. The van der Waals surface area contributed by atoms with E-state index in [0.29, 0.717) is 12.2 Å². The summed E-state index contributed by atoms with van der Waals surface area (Å²) in [7, 11) is 0. The third-order valence-electron chi connectivity index (χ3n) is 3.99. The van der Waals surface area contributed by atoms with Crippen LogP contribution in [0.2, 0.25) is 0 Å². The predicted octanol–water partition coefficient (Wildman–Crippen LogP) is 3.64. The van der Waals surface area contributed by atoms with Crippen LogP contribution in [-0.4, -0.2) is 30.2 Å². The summed E-state index contributed by atoms with van der Waals surface area (Å²) in [5.74, 6) is -0.224. The molecule has 0 radical (unpaired) electrons. The van der Waals surface area contributed by atoms with Crippen molar-refractivity contribution in [1.29, 1.82) is 0 Å². The fourth-order valence-electron chi connectivity index (χ4n) is 2.86. The maximum absolute atomic E-state index is 12.4. The first-order valence-corrected chi connectivity index (χ1v) is 7.99. The first-order chi connectivity index (χ1) is 10.8. The molecule has 4 heteroatoms. The van der Waals surface area contributed by atoms with Gasteiger partial charge in [0.2, 0.25) is 0 Å². The van der Waals surface area contributed by atoms with Crippen molar-refractivity contribution in [2.45, 2.75) is 26.2 Å². The van der Waals surface area contributed by atoms with Gasteiger partial charge in [-0.1, -0.05) is 6.92 Å². The quantitative estimate of drug-likeness (QED) is 0.790. The van der Waals surface area contributed by atoms with Crippen molar-refractivity contribution in [1.82, 2.24) is 4.57 Å². The summed E-state index contributed by atoms with van der Waals surface area (Å²) in [6.07, 6.45) is 7.16. The molecule has 0 aliphatic carbocycles. The molecule has 22 heavy (non-hydrogen) atoms. The molecular formula is C18H22N2O2. The zero-order valence-corrected chi connectivity index (χ0v) is 13.0. The average molecular weight is 298 g/mol. The minimum Gasteiger partial charge on any atom is -0.462 e. The van der Waals surface area contributed by atoms with Gasteiger partial charge >= 0.3 is 5.97 Å². The Morgan fingerprint density at radius 2 is 1.91 bits per heavy atom. The fourth-order valence-corrected chi connectivity index (χ4v) is 2.86. The van der Waals surface area contributed by atoms with Crippen LogP contribution in [-0.2, 0) is 4.74 Å². The van der Waals surface area contributed by atoms with Crippen molar-refractivity contribution in [2.24, 2.45) is 0 Å². The van der Waals surface area contributed by atoms with Crippen molar-refractivity contribution in [3.05, 3.63) is 48.3 Å². The molecule has 116 valence electrons. The summed E-state index contributed by atoms with van der Waals surface area (Å²) in [6, 6.07) is 9.99. The number of hydrogen-bond donors (Lipinski definition) is 0. The molecule has 3 rings (SSSR count). The Labute approximate surface area is 131 Å². The van der Waals surface area contributed by atoms with E-state index in [-0.39, 0.29) is 5.97 Å². The van der Waals surface area contributed by atoms with E-state index in [1.807, 2.05) is 48.1 Å². The molecule has 0 amide bonds. The normalized spacial score (nSPS) is 14.3. The van der Waals surface area contributed by atoms with Gasteiger partial charge in [0, 0.05) is 31.2 Å². The van der Waals surface area contributed by atoms with Gasteiger partial charge in [-0.05, 0) is 49.6 Å². The van der Waals surface area contributed by atoms with Gasteiger partial charge in [0.15, 0.2) is 0 Å². The van der Waals surface area contributed by atoms with E-state index in [4.69, 9.17) is 4.74 Å². The summed E-state index contributed by atoms with van der Waals surface area (Å²) in [4.78, 5) is 14.7. The summed E-state index contributed by atoms with van der Waals surface area (Å²) < 4.78 is 7.38. The third-order valence-corrected chi connectivity index (χ3v) is 3.99. The highest BCUT2D eigenvalue weighted by atomic mass is 16.5. The lowest BCUT2D eigenvalue weighted by Crippen LogP contribution is -2.21. The molecule has 2 aromatic rings. The summed E-state index contributed by atoms with van der Waals surface area (Å²) >= 11 is 0. The van der Waals surface area contributed by atoms with E-state index in [1.54, 1.807) is 0 Å². The van der Waals surface area contributed by atoms with E-state index in [1.165, 1.54) is 12.8 Å². The molecule has 2 heterocycles. The number of carbonyl (C=O) groups excluding carboxylic acids is 1. The van der Waals surface area contributed by atoms with Crippen LogP contribution in [0.25, 0.3) is 5.69 Å². The van der Waals surface area contributed by atoms with Crippen LogP contribution in [0.15, 0.2) is 42.7 Å². The second-order valence-corrected chi connectivity index (χ2v) is 5.62. The number of carbonyl (C=O) groups is 1. The topological polar surface area (TPSA) is 34.5 Å². The fraction of sp³-hybridized carbons (Fsp3) is 0.389. The highest BCUT2D eigenvalue weighted by Gasteiger charge is 2.21. The maximum atomic E-state index is 12.4. The number of aromatic nitrogens is 1. The van der Waals surface area contributed by atoms with Crippen LogP contribution >= 0.6 is 0 Å². The molecule has 1 aliphatic heterocycles. The lowest BCUT2D eigenvalue weighted by atomic mass is 10.1. The number of nitrogens with zero attached hydrogens (tertiary/aromatic N) is 2. The summed E-state index contributed by atoms with van der Waals surface area (Å²) in [5.41, 5.74) is 2.65. The Bertz CT molecular complexity index is 629. The van der Waals surface area contributed by atoms with Crippen LogP contribution in [0.1, 0.15) is 36.5 Å². The molecule has 0 unspecified atom stereocenters. The van der Waals surface area contributed by atoms with Gasteiger partial charge in [0.05, 0.1) is 17.9 Å². The Balaban J connectivity index is 1.96. The molecule has 0 saturated carbocycles. The lowest BCUT2D eigenvalue weighted by molar-refractivity contribution is 0.0506. The Morgan fingerprint density at radius 3 is 2.59 bits per heavy atom. The average Bonchev–Trinajstić information content (AvgIpc) is 3.24. The molecule has 0 spiro atoms. The first-order valence-electron chi connectivity index (χ1n) is 7.99. The molecule has 1 saturated heterocycles. The molecule has 1 aliphatic rings. The van der Waals surface area contributed by atoms with Crippen LogP contribution in [0.5, 0.6) is 0 Å². The van der Waals surface area contributed by atoms with E-state index in [2.05, 4.69) is 11.0 Å². The maximum Gasteiger partial charge on any atom is 0.340 e. The molecule has 1 fully saturated rings. The van der Waals surface area contributed by atoms with E-state index >= 15 is 0 Å². The second-order valence-electron chi connectivity index (χ2n) is 5.62. The number of esters is 1. The van der Waals surface area contributed by atoms with Gasteiger partial charge in [-0.3, -0.25) is 0 Å². The molecule has 0 bridgehead atoms. The van der Waals surface area contributed by atoms with E-state index < -0.39 is 0 Å². The third kappa shape index (κ3) is 3.01. The monoisotopic (exact) mass is 298 g/mol. The highest BCUT2D eigenvalue weighted by molar-refractivity contribution is 5.96. The molecule has 0 atom stereocenters. The van der Waals surface area contributed by atoms with Gasteiger partial charge in [-0.25, -0.2) is 4.79 Å². The van der Waals surface area contributed by atoms with Crippen LogP contribution < -0.4 is 4.90 Å². The van der Waals surface area contributed by atoms with Gasteiger partial charge in [0.1, 0.15) is 0 Å². The van der Waals surface area contributed by atoms with Crippen molar-refractivity contribution in [2.75, 3.05) is 24.6 Å². The van der Waals surface area contributed by atoms with Gasteiger partial charge < -0.3 is 14.2 Å². The first kappa shape index (κ1) is 14.7. The number of benzene rings is 1. The zero-order chi connectivity index (χ0) is 15.4. The Hall–Kier alpha value is -2.23. The highest BCUT2D eigenvalue weighted by Crippen LogP contribution is 2.27. The summed E-state index contributed by atoms with van der Waals surface area (Å²) in [5, 5.41) is 0. The number of rotatable bonds is 5. The van der Waals surface area contributed by atoms with E-state index in [0.717, 1.165) is 30.9 Å². The molecule has 4 nitrogen and oxygen atoms in total. The largest absolute Gasteiger partial charge is 0.462 e. The lowest BCUT2D eigenvalue weighted by Gasteiger charge is -2.21. The van der Waals surface area contributed by atoms with Gasteiger partial charge in [-0.2, -0.15) is 0 Å². The van der Waals surface area contributed by atoms with Crippen LogP contribution in [0.4, 0.5) is 5.69 Å². The Morgan fingerprint density at radius 1 is 1.18 bits per heavy atom. The molecular weight excluding hydrogens is 276 g/mol. The number of ether oxygens (including phenoxy) is 1. The van der Waals surface area contributed by atoms with Crippen molar-refractivity contribution < 1.29 is 9.53 Å². The second kappa shape index (κ2) is 6.69. The number of hydrogen-bond acceptors (Lipinski definition) is 3. The van der Waals surface area contributed by atoms with Gasteiger partial charge in [-0.15, -0.1) is 0 Å². The molecule has 1 aromatic heterocycles. The number of anilines is 1.